The van der Waals surface area contributed by atoms with Gasteiger partial charge in [0.05, 0.1) is 19.5 Å². The van der Waals surface area contributed by atoms with E-state index in [1.165, 1.54) is 14.0 Å². The number of rotatable bonds is 6. The molecule has 0 aliphatic heterocycles. The van der Waals surface area contributed by atoms with Crippen LogP contribution in [0.15, 0.2) is 42.4 Å². The predicted octanol–water partition coefficient (Wildman–Crippen LogP) is 3.54. The molecule has 2 rings (SSSR count). The molecule has 1 heterocycles. The van der Waals surface area contributed by atoms with E-state index in [-0.39, 0.29) is 23.8 Å². The van der Waals surface area contributed by atoms with Gasteiger partial charge in [-0.1, -0.05) is 24.3 Å². The lowest BCUT2D eigenvalue weighted by Crippen LogP contribution is -2.10. The highest BCUT2D eigenvalue weighted by Gasteiger charge is 2.32. The van der Waals surface area contributed by atoms with Crippen molar-refractivity contribution in [2.24, 2.45) is 0 Å². The molecule has 0 saturated heterocycles. The van der Waals surface area contributed by atoms with E-state index in [1.54, 1.807) is 24.3 Å². The molecule has 0 fully saturated rings. The van der Waals surface area contributed by atoms with Crippen LogP contribution < -0.4 is 4.74 Å². The third kappa shape index (κ3) is 4.50. The zero-order chi connectivity index (χ0) is 19.3. The zero-order valence-electron chi connectivity index (χ0n) is 13.9. The Hall–Kier alpha value is -3.10. The third-order valence-electron chi connectivity index (χ3n) is 3.45. The van der Waals surface area contributed by atoms with E-state index < -0.39 is 17.8 Å². The Labute approximate surface area is 146 Å². The molecular formula is C17H15F3N2O4. The summed E-state index contributed by atoms with van der Waals surface area (Å²) in [5.74, 6) is -1.08. The van der Waals surface area contributed by atoms with Crippen molar-refractivity contribution in [1.29, 1.82) is 0 Å². The number of carboxylic acids is 1. The van der Waals surface area contributed by atoms with Crippen molar-refractivity contribution in [3.05, 3.63) is 59.2 Å². The molecule has 0 saturated carbocycles. The van der Waals surface area contributed by atoms with E-state index in [9.17, 15) is 23.1 Å². The van der Waals surface area contributed by atoms with Crippen LogP contribution in [0, 0.1) is 0 Å². The van der Waals surface area contributed by atoms with E-state index >= 15 is 0 Å². The largest absolute Gasteiger partial charge is 0.500 e. The summed E-state index contributed by atoms with van der Waals surface area (Å²) in [6.07, 6.45) is -3.16. The van der Waals surface area contributed by atoms with Crippen LogP contribution in [-0.4, -0.2) is 28.2 Å². The second-order valence-corrected chi connectivity index (χ2v) is 5.12. The summed E-state index contributed by atoms with van der Waals surface area (Å²) >= 11 is 0. The maximum atomic E-state index is 12.5. The molecule has 0 atom stereocenters. The van der Waals surface area contributed by atoms with E-state index in [0.717, 1.165) is 6.20 Å². The fourth-order valence-electron chi connectivity index (χ4n) is 2.14. The van der Waals surface area contributed by atoms with E-state index in [4.69, 9.17) is 9.47 Å². The molecule has 138 valence electrons. The lowest BCUT2D eigenvalue weighted by Gasteiger charge is -2.13. The summed E-state index contributed by atoms with van der Waals surface area (Å²) in [5, 5.41) is 9.44. The zero-order valence-corrected chi connectivity index (χ0v) is 13.9. The maximum absolute atomic E-state index is 12.5. The number of carboxylic acid groups (broad SMARTS) is 1. The SMILES string of the molecule is COC(C)=C(C(=O)O)c1ccccc1COc1cnc(C(F)(F)F)cn1. The van der Waals surface area contributed by atoms with Gasteiger partial charge in [-0.25, -0.2) is 14.8 Å². The summed E-state index contributed by atoms with van der Waals surface area (Å²) in [5.41, 5.74) is -0.288. The molecule has 1 N–H and O–H groups in total. The Morgan fingerprint density at radius 3 is 2.42 bits per heavy atom. The Balaban J connectivity index is 2.25. The Morgan fingerprint density at radius 1 is 1.19 bits per heavy atom. The summed E-state index contributed by atoms with van der Waals surface area (Å²) in [6.45, 7) is 1.41. The minimum Gasteiger partial charge on any atom is -0.500 e. The van der Waals surface area contributed by atoms with Crippen molar-refractivity contribution < 1.29 is 32.5 Å². The van der Waals surface area contributed by atoms with Gasteiger partial charge >= 0.3 is 12.1 Å². The van der Waals surface area contributed by atoms with Gasteiger partial charge in [-0.2, -0.15) is 13.2 Å². The van der Waals surface area contributed by atoms with Gasteiger partial charge in [0, 0.05) is 0 Å². The molecule has 0 amide bonds. The van der Waals surface area contributed by atoms with Crippen LogP contribution in [0.3, 0.4) is 0 Å². The van der Waals surface area contributed by atoms with Gasteiger partial charge < -0.3 is 14.6 Å². The first-order valence-electron chi connectivity index (χ1n) is 7.32. The van der Waals surface area contributed by atoms with Gasteiger partial charge in [-0.05, 0) is 18.1 Å². The number of aliphatic carboxylic acids is 1. The first kappa shape index (κ1) is 19.2. The number of ether oxygens (including phenoxy) is 2. The van der Waals surface area contributed by atoms with Crippen LogP contribution in [0.25, 0.3) is 5.57 Å². The fourth-order valence-corrected chi connectivity index (χ4v) is 2.14. The van der Waals surface area contributed by atoms with Crippen LogP contribution >= 0.6 is 0 Å². The van der Waals surface area contributed by atoms with Crippen LogP contribution in [0.5, 0.6) is 5.88 Å². The van der Waals surface area contributed by atoms with Gasteiger partial charge in [-0.15, -0.1) is 0 Å². The second kappa shape index (κ2) is 7.85. The summed E-state index contributed by atoms with van der Waals surface area (Å²) in [6, 6.07) is 6.56. The predicted molar refractivity (Wildman–Crippen MR) is 85.0 cm³/mol. The summed E-state index contributed by atoms with van der Waals surface area (Å²) in [4.78, 5) is 18.4. The lowest BCUT2D eigenvalue weighted by molar-refractivity contribution is -0.141. The monoisotopic (exact) mass is 368 g/mol. The van der Waals surface area contributed by atoms with E-state index in [2.05, 4.69) is 9.97 Å². The Morgan fingerprint density at radius 2 is 1.88 bits per heavy atom. The van der Waals surface area contributed by atoms with Crippen LogP contribution in [0.2, 0.25) is 0 Å². The molecule has 6 nitrogen and oxygen atoms in total. The number of benzene rings is 1. The number of halogens is 3. The van der Waals surface area contributed by atoms with E-state index in [0.29, 0.717) is 17.3 Å². The van der Waals surface area contributed by atoms with Gasteiger partial charge in [0.1, 0.15) is 17.9 Å². The molecule has 1 aromatic carbocycles. The van der Waals surface area contributed by atoms with Gasteiger partial charge in [0.25, 0.3) is 0 Å². The first-order chi connectivity index (χ1) is 12.2. The normalized spacial score (nSPS) is 12.3. The van der Waals surface area contributed by atoms with Crippen molar-refractivity contribution in [1.82, 2.24) is 9.97 Å². The maximum Gasteiger partial charge on any atom is 0.434 e. The molecule has 0 aliphatic carbocycles. The van der Waals surface area contributed by atoms with Crippen molar-refractivity contribution in [3.8, 4) is 5.88 Å². The summed E-state index contributed by atoms with van der Waals surface area (Å²) in [7, 11) is 1.36. The number of hydrogen-bond donors (Lipinski definition) is 1. The molecule has 0 aliphatic rings. The minimum absolute atomic E-state index is 0.0368. The highest BCUT2D eigenvalue weighted by atomic mass is 19.4. The highest BCUT2D eigenvalue weighted by Crippen LogP contribution is 2.28. The molecule has 0 radical (unpaired) electrons. The molecule has 0 unspecified atom stereocenters. The molecule has 0 bridgehead atoms. The second-order valence-electron chi connectivity index (χ2n) is 5.12. The number of methoxy groups -OCH3 is 1. The van der Waals surface area contributed by atoms with Gasteiger partial charge in [0.2, 0.25) is 5.88 Å². The molecule has 2 aromatic rings. The smallest absolute Gasteiger partial charge is 0.434 e. The van der Waals surface area contributed by atoms with Crippen molar-refractivity contribution in [3.63, 3.8) is 0 Å². The van der Waals surface area contributed by atoms with Crippen LogP contribution in [0.4, 0.5) is 13.2 Å². The van der Waals surface area contributed by atoms with Gasteiger partial charge in [0.15, 0.2) is 5.69 Å². The topological polar surface area (TPSA) is 81.5 Å². The minimum atomic E-state index is -4.59. The number of allylic oxidation sites excluding steroid dienone is 1. The summed E-state index contributed by atoms with van der Waals surface area (Å²) < 4.78 is 47.8. The Kier molecular flexibility index (Phi) is 5.81. The lowest BCUT2D eigenvalue weighted by atomic mass is 9.99. The van der Waals surface area contributed by atoms with Gasteiger partial charge in [-0.3, -0.25) is 0 Å². The average Bonchev–Trinajstić information content (AvgIpc) is 2.60. The van der Waals surface area contributed by atoms with Crippen molar-refractivity contribution in [2.45, 2.75) is 19.7 Å². The molecule has 26 heavy (non-hydrogen) atoms. The number of hydrogen-bond acceptors (Lipinski definition) is 5. The van der Waals surface area contributed by atoms with Crippen LogP contribution in [0.1, 0.15) is 23.7 Å². The quantitative estimate of drug-likeness (QED) is 0.620. The fraction of sp³-hybridized carbons (Fsp3) is 0.235. The van der Waals surface area contributed by atoms with E-state index in [1.807, 2.05) is 0 Å². The average molecular weight is 368 g/mol. The third-order valence-corrected chi connectivity index (χ3v) is 3.45. The number of carbonyl (C=O) groups is 1. The Bertz CT molecular complexity index is 818. The van der Waals surface area contributed by atoms with Crippen LogP contribution in [-0.2, 0) is 22.3 Å². The van der Waals surface area contributed by atoms with Crippen molar-refractivity contribution in [2.75, 3.05) is 7.11 Å². The standard InChI is InChI=1S/C17H15F3N2O4/c1-10(25-2)15(16(23)24)12-6-4-3-5-11(12)9-26-14-8-21-13(7-22-14)17(18,19)20/h3-8H,9H2,1-2H3,(H,23,24). The number of nitrogens with zero attached hydrogens (tertiary/aromatic N) is 2. The van der Waals surface area contributed by atoms with Crippen molar-refractivity contribution >= 4 is 11.5 Å². The number of aromatic nitrogens is 2. The highest BCUT2D eigenvalue weighted by molar-refractivity contribution is 6.16. The first-order valence-corrected chi connectivity index (χ1v) is 7.32. The number of alkyl halides is 3. The molecule has 1 aromatic heterocycles. The molecule has 0 spiro atoms. The molecule has 9 heteroatoms. The molecular weight excluding hydrogens is 353 g/mol.